The summed E-state index contributed by atoms with van der Waals surface area (Å²) in [6.07, 6.45) is 0. The zero-order valence-electron chi connectivity index (χ0n) is 20.0. The summed E-state index contributed by atoms with van der Waals surface area (Å²) < 4.78 is 45.1. The van der Waals surface area contributed by atoms with Crippen LogP contribution in [0.15, 0.2) is 71.6 Å². The van der Waals surface area contributed by atoms with Gasteiger partial charge in [-0.2, -0.15) is 0 Å². The molecular formula is C26H30N2O6S. The van der Waals surface area contributed by atoms with E-state index in [-0.39, 0.29) is 4.90 Å². The predicted molar refractivity (Wildman–Crippen MR) is 136 cm³/mol. The lowest BCUT2D eigenvalue weighted by Crippen LogP contribution is -2.17. The number of ether oxygens (including phenoxy) is 3. The number of para-hydroxylation sites is 1. The molecule has 0 aliphatic heterocycles. The molecule has 0 aromatic heterocycles. The standard InChI is InChI=1S/C26H30N2O6S/c1-4-32-16-17-34-24-9-7-6-8-23(24)26(29)27-21-11-10-19(3)25(18-21)35(30,31)28-20-12-14-22(15-13-20)33-5-2/h6-15,18,28H,4-5,16-17H2,1-3H3,(H,27,29). The number of benzene rings is 3. The van der Waals surface area contributed by atoms with E-state index in [9.17, 15) is 13.2 Å². The van der Waals surface area contributed by atoms with Crippen molar-refractivity contribution in [2.24, 2.45) is 0 Å². The van der Waals surface area contributed by atoms with E-state index in [2.05, 4.69) is 10.0 Å². The number of carbonyl (C=O) groups excluding carboxylic acids is 1. The van der Waals surface area contributed by atoms with E-state index < -0.39 is 15.9 Å². The highest BCUT2D eigenvalue weighted by atomic mass is 32.2. The number of hydrogen-bond acceptors (Lipinski definition) is 6. The van der Waals surface area contributed by atoms with Crippen molar-refractivity contribution in [1.82, 2.24) is 0 Å². The second-order valence-electron chi connectivity index (χ2n) is 7.54. The van der Waals surface area contributed by atoms with Gasteiger partial charge in [0.05, 0.1) is 23.7 Å². The van der Waals surface area contributed by atoms with Crippen LogP contribution in [-0.4, -0.2) is 40.8 Å². The molecule has 0 aliphatic carbocycles. The van der Waals surface area contributed by atoms with Gasteiger partial charge in [-0.1, -0.05) is 18.2 Å². The molecule has 3 aromatic carbocycles. The Balaban J connectivity index is 1.76. The third-order valence-electron chi connectivity index (χ3n) is 4.97. The van der Waals surface area contributed by atoms with Gasteiger partial charge in [-0.3, -0.25) is 9.52 Å². The molecule has 0 spiro atoms. The zero-order chi connectivity index (χ0) is 25.3. The first-order valence-electron chi connectivity index (χ1n) is 11.3. The van der Waals surface area contributed by atoms with Gasteiger partial charge < -0.3 is 19.5 Å². The van der Waals surface area contributed by atoms with E-state index in [0.717, 1.165) is 0 Å². The van der Waals surface area contributed by atoms with Gasteiger partial charge >= 0.3 is 0 Å². The summed E-state index contributed by atoms with van der Waals surface area (Å²) in [5, 5.41) is 2.77. The zero-order valence-corrected chi connectivity index (χ0v) is 20.9. The molecule has 9 heteroatoms. The molecule has 35 heavy (non-hydrogen) atoms. The van der Waals surface area contributed by atoms with Crippen molar-refractivity contribution < 1.29 is 27.4 Å². The molecule has 0 heterocycles. The Morgan fingerprint density at radius 1 is 0.857 bits per heavy atom. The van der Waals surface area contributed by atoms with Gasteiger partial charge in [-0.05, 0) is 74.9 Å². The summed E-state index contributed by atoms with van der Waals surface area (Å²) in [7, 11) is -3.90. The van der Waals surface area contributed by atoms with Gasteiger partial charge in [0, 0.05) is 18.0 Å². The number of nitrogens with one attached hydrogen (secondary N) is 2. The van der Waals surface area contributed by atoms with Gasteiger partial charge in [-0.15, -0.1) is 0 Å². The number of amides is 1. The van der Waals surface area contributed by atoms with Gasteiger partial charge in [0.15, 0.2) is 0 Å². The van der Waals surface area contributed by atoms with E-state index in [0.29, 0.717) is 60.4 Å². The lowest BCUT2D eigenvalue weighted by molar-refractivity contribution is 0.0998. The highest BCUT2D eigenvalue weighted by Gasteiger charge is 2.19. The Morgan fingerprint density at radius 3 is 2.29 bits per heavy atom. The van der Waals surface area contributed by atoms with Gasteiger partial charge in [0.1, 0.15) is 18.1 Å². The lowest BCUT2D eigenvalue weighted by atomic mass is 10.1. The molecule has 0 atom stereocenters. The molecule has 0 radical (unpaired) electrons. The SMILES string of the molecule is CCOCCOc1ccccc1C(=O)Nc1ccc(C)c(S(=O)(=O)Nc2ccc(OCC)cc2)c1. The number of anilines is 2. The topological polar surface area (TPSA) is 103 Å². The molecule has 3 aromatic rings. The fourth-order valence-corrected chi connectivity index (χ4v) is 4.63. The Morgan fingerprint density at radius 2 is 1.57 bits per heavy atom. The highest BCUT2D eigenvalue weighted by Crippen LogP contribution is 2.25. The molecule has 0 saturated carbocycles. The lowest BCUT2D eigenvalue weighted by Gasteiger charge is -2.14. The molecule has 0 aliphatic rings. The third-order valence-corrected chi connectivity index (χ3v) is 6.50. The van der Waals surface area contributed by atoms with Gasteiger partial charge in [0.25, 0.3) is 15.9 Å². The third kappa shape index (κ3) is 7.21. The first-order chi connectivity index (χ1) is 16.8. The maximum Gasteiger partial charge on any atom is 0.262 e. The van der Waals surface area contributed by atoms with Crippen molar-refractivity contribution in [1.29, 1.82) is 0 Å². The number of hydrogen-bond donors (Lipinski definition) is 2. The number of sulfonamides is 1. The number of rotatable bonds is 12. The van der Waals surface area contributed by atoms with Crippen molar-refractivity contribution in [2.75, 3.05) is 36.5 Å². The van der Waals surface area contributed by atoms with Crippen LogP contribution in [0.25, 0.3) is 0 Å². The second-order valence-corrected chi connectivity index (χ2v) is 9.19. The van der Waals surface area contributed by atoms with Crippen molar-refractivity contribution in [3.05, 3.63) is 77.9 Å². The Bertz CT molecular complexity index is 1240. The van der Waals surface area contributed by atoms with Crippen LogP contribution < -0.4 is 19.5 Å². The van der Waals surface area contributed by atoms with Crippen LogP contribution >= 0.6 is 0 Å². The minimum atomic E-state index is -3.90. The molecule has 1 amide bonds. The van der Waals surface area contributed by atoms with Crippen LogP contribution in [0.5, 0.6) is 11.5 Å². The van der Waals surface area contributed by atoms with Crippen molar-refractivity contribution in [2.45, 2.75) is 25.7 Å². The minimum absolute atomic E-state index is 0.0606. The van der Waals surface area contributed by atoms with E-state index in [1.807, 2.05) is 13.8 Å². The van der Waals surface area contributed by atoms with E-state index in [1.165, 1.54) is 6.07 Å². The van der Waals surface area contributed by atoms with Crippen LogP contribution in [0.3, 0.4) is 0 Å². The van der Waals surface area contributed by atoms with Crippen LogP contribution in [0.2, 0.25) is 0 Å². The molecule has 3 rings (SSSR count). The molecule has 0 bridgehead atoms. The fraction of sp³-hybridized carbons (Fsp3) is 0.269. The summed E-state index contributed by atoms with van der Waals surface area (Å²) in [5.41, 5.74) is 1.62. The molecule has 0 saturated heterocycles. The average Bonchev–Trinajstić information content (AvgIpc) is 2.84. The summed E-state index contributed by atoms with van der Waals surface area (Å²) >= 11 is 0. The summed E-state index contributed by atoms with van der Waals surface area (Å²) in [6, 6.07) is 18.2. The Labute approximate surface area is 206 Å². The maximum absolute atomic E-state index is 13.1. The molecule has 2 N–H and O–H groups in total. The molecule has 0 fully saturated rings. The van der Waals surface area contributed by atoms with E-state index in [4.69, 9.17) is 14.2 Å². The Kier molecular flexibility index (Phi) is 9.11. The van der Waals surface area contributed by atoms with Gasteiger partial charge in [-0.25, -0.2) is 8.42 Å². The molecule has 186 valence electrons. The molecule has 8 nitrogen and oxygen atoms in total. The monoisotopic (exact) mass is 498 g/mol. The smallest absolute Gasteiger partial charge is 0.262 e. The number of carbonyl (C=O) groups is 1. The summed E-state index contributed by atoms with van der Waals surface area (Å²) in [5.74, 6) is 0.656. The average molecular weight is 499 g/mol. The van der Waals surface area contributed by atoms with Crippen LogP contribution in [0, 0.1) is 6.92 Å². The van der Waals surface area contributed by atoms with Crippen molar-refractivity contribution >= 4 is 27.3 Å². The second kappa shape index (κ2) is 12.2. The van der Waals surface area contributed by atoms with Crippen LogP contribution in [0.1, 0.15) is 29.8 Å². The maximum atomic E-state index is 13.1. The normalized spacial score (nSPS) is 11.1. The minimum Gasteiger partial charge on any atom is -0.494 e. The quantitative estimate of drug-likeness (QED) is 0.346. The van der Waals surface area contributed by atoms with E-state index in [1.54, 1.807) is 67.6 Å². The summed E-state index contributed by atoms with van der Waals surface area (Å²) in [6.45, 7) is 7.28. The Hall–Kier alpha value is -3.56. The van der Waals surface area contributed by atoms with Crippen LogP contribution in [-0.2, 0) is 14.8 Å². The summed E-state index contributed by atoms with van der Waals surface area (Å²) in [4.78, 5) is 13.0. The van der Waals surface area contributed by atoms with Gasteiger partial charge in [0.2, 0.25) is 0 Å². The number of aryl methyl sites for hydroxylation is 1. The van der Waals surface area contributed by atoms with E-state index >= 15 is 0 Å². The molecular weight excluding hydrogens is 468 g/mol. The molecule has 0 unspecified atom stereocenters. The van der Waals surface area contributed by atoms with Crippen molar-refractivity contribution in [3.8, 4) is 11.5 Å². The predicted octanol–water partition coefficient (Wildman–Crippen LogP) is 4.86. The first-order valence-corrected chi connectivity index (χ1v) is 12.8. The largest absolute Gasteiger partial charge is 0.494 e. The fourth-order valence-electron chi connectivity index (χ4n) is 3.30. The first kappa shape index (κ1) is 26.1. The van der Waals surface area contributed by atoms with Crippen molar-refractivity contribution in [3.63, 3.8) is 0 Å². The highest BCUT2D eigenvalue weighted by molar-refractivity contribution is 7.92. The van der Waals surface area contributed by atoms with Crippen LogP contribution in [0.4, 0.5) is 11.4 Å².